The van der Waals surface area contributed by atoms with E-state index in [1.807, 2.05) is 12.1 Å². The predicted molar refractivity (Wildman–Crippen MR) is 67.8 cm³/mol. The van der Waals surface area contributed by atoms with Gasteiger partial charge >= 0.3 is 0 Å². The molecule has 0 radical (unpaired) electrons. The van der Waals surface area contributed by atoms with Gasteiger partial charge < -0.3 is 9.84 Å². The Bertz CT molecular complexity index is 352. The third-order valence-electron chi connectivity index (χ3n) is 2.99. The van der Waals surface area contributed by atoms with Gasteiger partial charge in [-0.05, 0) is 55.9 Å². The number of rotatable bonds is 4. The molecule has 1 heterocycles. The van der Waals surface area contributed by atoms with E-state index in [9.17, 15) is 0 Å². The smallest absolute Gasteiger partial charge is 0.122 e. The summed E-state index contributed by atoms with van der Waals surface area (Å²) >= 11 is 3.47. The number of aliphatic hydroxyl groups excluding tert-OH is 1. The highest BCUT2D eigenvalue weighted by Gasteiger charge is 2.19. The summed E-state index contributed by atoms with van der Waals surface area (Å²) in [6.45, 7) is 0.288. The first kappa shape index (κ1) is 11.9. The molecule has 1 aliphatic heterocycles. The quantitative estimate of drug-likeness (QED) is 0.860. The van der Waals surface area contributed by atoms with Crippen LogP contribution in [0.4, 0.5) is 0 Å². The first-order valence-corrected chi connectivity index (χ1v) is 6.65. The zero-order valence-corrected chi connectivity index (χ0v) is 10.9. The number of unbranched alkanes of at least 4 members (excludes halogenated alkanes) is 1. The van der Waals surface area contributed by atoms with Crippen LogP contribution in [-0.4, -0.2) is 17.8 Å². The van der Waals surface area contributed by atoms with Crippen molar-refractivity contribution in [1.29, 1.82) is 0 Å². The van der Waals surface area contributed by atoms with Crippen LogP contribution in [0.25, 0.3) is 0 Å². The molecule has 88 valence electrons. The lowest BCUT2D eigenvalue weighted by Crippen LogP contribution is -2.22. The third kappa shape index (κ3) is 2.98. The Morgan fingerprint density at radius 3 is 3.06 bits per heavy atom. The van der Waals surface area contributed by atoms with E-state index in [4.69, 9.17) is 9.84 Å². The highest BCUT2D eigenvalue weighted by atomic mass is 79.9. The van der Waals surface area contributed by atoms with Crippen LogP contribution in [0.3, 0.4) is 0 Å². The predicted octanol–water partition coefficient (Wildman–Crippen LogP) is 3.31. The molecule has 0 saturated carbocycles. The van der Waals surface area contributed by atoms with E-state index in [-0.39, 0.29) is 6.61 Å². The first-order valence-electron chi connectivity index (χ1n) is 5.85. The van der Waals surface area contributed by atoms with Gasteiger partial charge in [0, 0.05) is 11.1 Å². The molecule has 2 nitrogen and oxygen atoms in total. The number of hydrogen-bond donors (Lipinski definition) is 1. The molecule has 1 aromatic rings. The van der Waals surface area contributed by atoms with Gasteiger partial charge in [0.05, 0.1) is 6.10 Å². The van der Waals surface area contributed by atoms with E-state index in [0.717, 1.165) is 42.3 Å². The fraction of sp³-hybridized carbons (Fsp3) is 0.538. The molecule has 0 aromatic heterocycles. The molecule has 0 amide bonds. The van der Waals surface area contributed by atoms with Crippen molar-refractivity contribution in [3.05, 3.63) is 28.2 Å². The summed E-state index contributed by atoms with van der Waals surface area (Å²) in [6, 6.07) is 6.20. The van der Waals surface area contributed by atoms with Gasteiger partial charge in [-0.3, -0.25) is 0 Å². The lowest BCUT2D eigenvalue weighted by molar-refractivity contribution is 0.157. The molecule has 1 N–H and O–H groups in total. The van der Waals surface area contributed by atoms with Crippen molar-refractivity contribution < 1.29 is 9.84 Å². The maximum Gasteiger partial charge on any atom is 0.122 e. The summed E-state index contributed by atoms with van der Waals surface area (Å²) in [5.41, 5.74) is 1.30. The third-order valence-corrected chi connectivity index (χ3v) is 3.48. The van der Waals surface area contributed by atoms with Crippen LogP contribution in [0.15, 0.2) is 22.7 Å². The number of halogens is 1. The minimum Gasteiger partial charge on any atom is -0.490 e. The number of ether oxygens (including phenoxy) is 1. The van der Waals surface area contributed by atoms with Crippen molar-refractivity contribution >= 4 is 15.9 Å². The Kier molecular flexibility index (Phi) is 4.24. The van der Waals surface area contributed by atoms with Crippen molar-refractivity contribution in [2.24, 2.45) is 0 Å². The lowest BCUT2D eigenvalue weighted by Gasteiger charge is -2.26. The van der Waals surface area contributed by atoms with E-state index in [0.29, 0.717) is 6.10 Å². The van der Waals surface area contributed by atoms with E-state index in [1.54, 1.807) is 0 Å². The Hall–Kier alpha value is -0.540. The van der Waals surface area contributed by atoms with Crippen LogP contribution in [0, 0.1) is 0 Å². The van der Waals surface area contributed by atoms with Gasteiger partial charge in [0.1, 0.15) is 5.75 Å². The Morgan fingerprint density at radius 1 is 1.38 bits per heavy atom. The van der Waals surface area contributed by atoms with Crippen LogP contribution < -0.4 is 4.74 Å². The lowest BCUT2D eigenvalue weighted by atomic mass is 9.99. The molecular formula is C13H17BrO2. The summed E-state index contributed by atoms with van der Waals surface area (Å²) < 4.78 is 7.05. The van der Waals surface area contributed by atoms with Crippen LogP contribution in [-0.2, 0) is 6.42 Å². The molecule has 1 aromatic carbocycles. The van der Waals surface area contributed by atoms with Crippen LogP contribution in [0.2, 0.25) is 0 Å². The highest BCUT2D eigenvalue weighted by molar-refractivity contribution is 9.10. The number of fused-ring (bicyclic) bond motifs is 1. The molecule has 0 saturated heterocycles. The summed E-state index contributed by atoms with van der Waals surface area (Å²) in [7, 11) is 0. The van der Waals surface area contributed by atoms with Crippen molar-refractivity contribution in [3.63, 3.8) is 0 Å². The molecule has 1 atom stereocenters. The maximum absolute atomic E-state index is 8.74. The molecule has 0 aliphatic carbocycles. The second-order valence-corrected chi connectivity index (χ2v) is 5.17. The highest BCUT2D eigenvalue weighted by Crippen LogP contribution is 2.31. The number of aryl methyl sites for hydroxylation is 1. The molecule has 0 fully saturated rings. The van der Waals surface area contributed by atoms with Crippen molar-refractivity contribution in [3.8, 4) is 5.75 Å². The van der Waals surface area contributed by atoms with Gasteiger partial charge in [0.25, 0.3) is 0 Å². The van der Waals surface area contributed by atoms with E-state index in [1.165, 1.54) is 5.56 Å². The monoisotopic (exact) mass is 284 g/mol. The van der Waals surface area contributed by atoms with Gasteiger partial charge in [0.2, 0.25) is 0 Å². The van der Waals surface area contributed by atoms with Gasteiger partial charge in [-0.2, -0.15) is 0 Å². The first-order chi connectivity index (χ1) is 7.79. The minimum absolute atomic E-state index is 0.288. The normalized spacial score (nSPS) is 19.0. The van der Waals surface area contributed by atoms with Crippen molar-refractivity contribution in [2.75, 3.05) is 6.61 Å². The zero-order valence-electron chi connectivity index (χ0n) is 9.29. The minimum atomic E-state index is 0.288. The SMILES string of the molecule is OCCCCC1CCc2cc(Br)ccc2O1. The Balaban J connectivity index is 1.93. The van der Waals surface area contributed by atoms with Gasteiger partial charge in [-0.15, -0.1) is 0 Å². The average Bonchev–Trinajstić information content (AvgIpc) is 2.29. The number of aliphatic hydroxyl groups is 1. The standard InChI is InChI=1S/C13H17BrO2/c14-11-5-7-13-10(9-11)4-6-12(16-13)3-1-2-8-15/h5,7,9,12,15H,1-4,6,8H2. The van der Waals surface area contributed by atoms with Gasteiger partial charge in [-0.1, -0.05) is 15.9 Å². The fourth-order valence-corrected chi connectivity index (χ4v) is 2.51. The summed E-state index contributed by atoms with van der Waals surface area (Å²) in [4.78, 5) is 0. The van der Waals surface area contributed by atoms with E-state index in [2.05, 4.69) is 22.0 Å². The topological polar surface area (TPSA) is 29.5 Å². The van der Waals surface area contributed by atoms with Crippen molar-refractivity contribution in [1.82, 2.24) is 0 Å². The fourth-order valence-electron chi connectivity index (χ4n) is 2.10. The van der Waals surface area contributed by atoms with Crippen LogP contribution in [0.5, 0.6) is 5.75 Å². The van der Waals surface area contributed by atoms with Gasteiger partial charge in [0.15, 0.2) is 0 Å². The molecule has 2 rings (SSSR count). The number of hydrogen-bond acceptors (Lipinski definition) is 2. The van der Waals surface area contributed by atoms with Crippen LogP contribution in [0.1, 0.15) is 31.2 Å². The maximum atomic E-state index is 8.74. The second-order valence-electron chi connectivity index (χ2n) is 4.25. The second kappa shape index (κ2) is 5.69. The molecule has 1 unspecified atom stereocenters. The van der Waals surface area contributed by atoms with E-state index >= 15 is 0 Å². The molecule has 16 heavy (non-hydrogen) atoms. The molecule has 3 heteroatoms. The summed E-state index contributed by atoms with van der Waals surface area (Å²) in [5, 5.41) is 8.74. The zero-order chi connectivity index (χ0) is 11.4. The van der Waals surface area contributed by atoms with Gasteiger partial charge in [-0.25, -0.2) is 0 Å². The van der Waals surface area contributed by atoms with E-state index < -0.39 is 0 Å². The molecule has 1 aliphatic rings. The average molecular weight is 285 g/mol. The van der Waals surface area contributed by atoms with Crippen LogP contribution >= 0.6 is 15.9 Å². The summed E-state index contributed by atoms with van der Waals surface area (Å²) in [6.07, 6.45) is 5.50. The molecule has 0 bridgehead atoms. The van der Waals surface area contributed by atoms with Crippen molar-refractivity contribution in [2.45, 2.75) is 38.2 Å². The Morgan fingerprint density at radius 2 is 2.25 bits per heavy atom. The largest absolute Gasteiger partial charge is 0.490 e. The summed E-state index contributed by atoms with van der Waals surface area (Å²) in [5.74, 6) is 1.03. The molecular weight excluding hydrogens is 268 g/mol. The number of benzene rings is 1. The molecule has 0 spiro atoms. The Labute approximate surface area is 105 Å².